The first-order valence-electron chi connectivity index (χ1n) is 6.10. The summed E-state index contributed by atoms with van der Waals surface area (Å²) in [5, 5.41) is 2.83. The Hall–Kier alpha value is -2.14. The summed E-state index contributed by atoms with van der Waals surface area (Å²) in [7, 11) is 0. The van der Waals surface area contributed by atoms with Crippen molar-refractivity contribution in [1.29, 1.82) is 0 Å². The van der Waals surface area contributed by atoms with Crippen LogP contribution in [-0.2, 0) is 4.79 Å². The van der Waals surface area contributed by atoms with Crippen LogP contribution < -0.4 is 15.8 Å². The third-order valence-electron chi connectivity index (χ3n) is 2.61. The summed E-state index contributed by atoms with van der Waals surface area (Å²) < 4.78 is 5.40. The van der Waals surface area contributed by atoms with Crippen molar-refractivity contribution in [3.63, 3.8) is 0 Å². The summed E-state index contributed by atoms with van der Waals surface area (Å²) in [5.41, 5.74) is 7.04. The Kier molecular flexibility index (Phi) is 4.90. The third kappa shape index (κ3) is 3.93. The van der Waals surface area contributed by atoms with E-state index in [1.807, 2.05) is 30.5 Å². The molecular weight excluding hydrogens is 272 g/mol. The molecule has 0 aliphatic rings. The van der Waals surface area contributed by atoms with Gasteiger partial charge in [-0.1, -0.05) is 18.2 Å². The van der Waals surface area contributed by atoms with Crippen LogP contribution in [0, 0.1) is 0 Å². The minimum atomic E-state index is -0.200. The molecule has 3 N–H and O–H groups in total. The lowest BCUT2D eigenvalue weighted by Crippen LogP contribution is -2.20. The molecule has 4 nitrogen and oxygen atoms in total. The van der Waals surface area contributed by atoms with E-state index in [0.717, 1.165) is 10.6 Å². The standard InChI is InChI=1S/C15H16N2O2S/c1-20-14-8-3-2-7-13(14)17-15(18)10-19-12-6-4-5-11(16)9-12/h2-9H,10,16H2,1H3,(H,17,18). The maximum Gasteiger partial charge on any atom is 0.262 e. The number of benzene rings is 2. The maximum absolute atomic E-state index is 11.9. The van der Waals surface area contributed by atoms with E-state index in [4.69, 9.17) is 10.5 Å². The van der Waals surface area contributed by atoms with Gasteiger partial charge in [-0.25, -0.2) is 0 Å². The van der Waals surface area contributed by atoms with E-state index >= 15 is 0 Å². The smallest absolute Gasteiger partial charge is 0.262 e. The van der Waals surface area contributed by atoms with Crippen LogP contribution in [0.2, 0.25) is 0 Å². The number of thioether (sulfide) groups is 1. The molecule has 0 heterocycles. The molecular formula is C15H16N2O2S. The largest absolute Gasteiger partial charge is 0.484 e. The molecule has 0 aliphatic carbocycles. The van der Waals surface area contributed by atoms with E-state index in [2.05, 4.69) is 5.32 Å². The molecule has 2 aromatic rings. The Morgan fingerprint density at radius 3 is 2.80 bits per heavy atom. The van der Waals surface area contributed by atoms with E-state index in [0.29, 0.717) is 11.4 Å². The number of anilines is 2. The van der Waals surface area contributed by atoms with Crippen molar-refractivity contribution in [3.05, 3.63) is 48.5 Å². The number of rotatable bonds is 5. The van der Waals surface area contributed by atoms with Crippen LogP contribution in [0.15, 0.2) is 53.4 Å². The first-order chi connectivity index (χ1) is 9.69. The van der Waals surface area contributed by atoms with Crippen molar-refractivity contribution in [2.75, 3.05) is 23.9 Å². The van der Waals surface area contributed by atoms with Gasteiger partial charge >= 0.3 is 0 Å². The van der Waals surface area contributed by atoms with Crippen LogP contribution in [-0.4, -0.2) is 18.8 Å². The zero-order valence-electron chi connectivity index (χ0n) is 11.1. The highest BCUT2D eigenvalue weighted by atomic mass is 32.2. The average molecular weight is 288 g/mol. The van der Waals surface area contributed by atoms with Crippen molar-refractivity contribution >= 4 is 29.0 Å². The van der Waals surface area contributed by atoms with Gasteiger partial charge in [0.15, 0.2) is 6.61 Å². The number of amides is 1. The molecule has 104 valence electrons. The summed E-state index contributed by atoms with van der Waals surface area (Å²) in [6, 6.07) is 14.6. The fourth-order valence-corrected chi connectivity index (χ4v) is 2.24. The fraction of sp³-hybridized carbons (Fsp3) is 0.133. The highest BCUT2D eigenvalue weighted by molar-refractivity contribution is 7.98. The van der Waals surface area contributed by atoms with Crippen LogP contribution in [0.5, 0.6) is 5.75 Å². The van der Waals surface area contributed by atoms with E-state index < -0.39 is 0 Å². The average Bonchev–Trinajstić information content (AvgIpc) is 2.46. The number of hydrogen-bond donors (Lipinski definition) is 2. The SMILES string of the molecule is CSc1ccccc1NC(=O)COc1cccc(N)c1. The lowest BCUT2D eigenvalue weighted by molar-refractivity contribution is -0.118. The molecule has 20 heavy (non-hydrogen) atoms. The van der Waals surface area contributed by atoms with Crippen LogP contribution in [0.3, 0.4) is 0 Å². The lowest BCUT2D eigenvalue weighted by atomic mass is 10.3. The Balaban J connectivity index is 1.93. The minimum Gasteiger partial charge on any atom is -0.484 e. The summed E-state index contributed by atoms with van der Waals surface area (Å²) in [4.78, 5) is 12.9. The second-order valence-corrected chi connectivity index (χ2v) is 4.96. The molecule has 5 heteroatoms. The van der Waals surface area contributed by atoms with Crippen LogP contribution in [0.25, 0.3) is 0 Å². The normalized spacial score (nSPS) is 10.1. The first-order valence-corrected chi connectivity index (χ1v) is 7.32. The highest BCUT2D eigenvalue weighted by Gasteiger charge is 2.06. The number of nitrogens with two attached hydrogens (primary N) is 1. The topological polar surface area (TPSA) is 64.3 Å². The van der Waals surface area contributed by atoms with Crippen LogP contribution in [0.1, 0.15) is 0 Å². The van der Waals surface area contributed by atoms with Crippen molar-refractivity contribution in [2.45, 2.75) is 4.90 Å². The predicted octanol–water partition coefficient (Wildman–Crippen LogP) is 3.01. The predicted molar refractivity (Wildman–Crippen MR) is 83.2 cm³/mol. The fourth-order valence-electron chi connectivity index (χ4n) is 1.69. The molecule has 0 saturated carbocycles. The number of nitrogens with one attached hydrogen (secondary N) is 1. The molecule has 0 unspecified atom stereocenters. The van der Waals surface area contributed by atoms with Gasteiger partial charge in [-0.05, 0) is 30.5 Å². The van der Waals surface area contributed by atoms with Gasteiger partial charge in [0.1, 0.15) is 5.75 Å². The summed E-state index contributed by atoms with van der Waals surface area (Å²) in [6.45, 7) is -0.0494. The van der Waals surface area contributed by atoms with Crippen molar-refractivity contribution in [3.8, 4) is 5.75 Å². The number of nitrogen functional groups attached to an aromatic ring is 1. The molecule has 0 bridgehead atoms. The third-order valence-corrected chi connectivity index (χ3v) is 3.40. The lowest BCUT2D eigenvalue weighted by Gasteiger charge is -2.10. The minimum absolute atomic E-state index is 0.0494. The first kappa shape index (κ1) is 14.3. The second-order valence-electron chi connectivity index (χ2n) is 4.11. The Labute approximate surface area is 122 Å². The quantitative estimate of drug-likeness (QED) is 0.655. The molecule has 1 amide bonds. The molecule has 2 rings (SSSR count). The van der Waals surface area contributed by atoms with Crippen LogP contribution in [0.4, 0.5) is 11.4 Å². The number of hydrogen-bond acceptors (Lipinski definition) is 4. The van der Waals surface area contributed by atoms with Gasteiger partial charge in [-0.2, -0.15) is 0 Å². The summed E-state index contributed by atoms with van der Waals surface area (Å²) in [6.07, 6.45) is 1.97. The molecule has 0 fully saturated rings. The van der Waals surface area contributed by atoms with Crippen molar-refractivity contribution in [1.82, 2.24) is 0 Å². The Morgan fingerprint density at radius 1 is 1.25 bits per heavy atom. The monoisotopic (exact) mass is 288 g/mol. The van der Waals surface area contributed by atoms with Gasteiger partial charge in [0.25, 0.3) is 5.91 Å². The second kappa shape index (κ2) is 6.86. The highest BCUT2D eigenvalue weighted by Crippen LogP contribution is 2.24. The van der Waals surface area contributed by atoms with Gasteiger partial charge in [-0.3, -0.25) is 4.79 Å². The van der Waals surface area contributed by atoms with Crippen LogP contribution >= 0.6 is 11.8 Å². The number of para-hydroxylation sites is 1. The molecule has 0 aliphatic heterocycles. The number of carbonyl (C=O) groups excluding carboxylic acids is 1. The van der Waals surface area contributed by atoms with E-state index in [-0.39, 0.29) is 12.5 Å². The molecule has 0 spiro atoms. The van der Waals surface area contributed by atoms with Crippen molar-refractivity contribution < 1.29 is 9.53 Å². The maximum atomic E-state index is 11.9. The molecule has 0 radical (unpaired) electrons. The van der Waals surface area contributed by atoms with Crippen molar-refractivity contribution in [2.24, 2.45) is 0 Å². The summed E-state index contributed by atoms with van der Waals surface area (Å²) >= 11 is 1.58. The Bertz CT molecular complexity index is 602. The van der Waals surface area contributed by atoms with Gasteiger partial charge in [0.05, 0.1) is 5.69 Å². The molecule has 0 aromatic heterocycles. The molecule has 2 aromatic carbocycles. The zero-order chi connectivity index (χ0) is 14.4. The molecule has 0 saturated heterocycles. The Morgan fingerprint density at radius 2 is 2.05 bits per heavy atom. The van der Waals surface area contributed by atoms with Gasteiger partial charge in [0.2, 0.25) is 0 Å². The van der Waals surface area contributed by atoms with Gasteiger partial charge in [0, 0.05) is 16.6 Å². The zero-order valence-corrected chi connectivity index (χ0v) is 11.9. The van der Waals surface area contributed by atoms with E-state index in [1.165, 1.54) is 0 Å². The van der Waals surface area contributed by atoms with E-state index in [1.54, 1.807) is 36.0 Å². The summed E-state index contributed by atoms with van der Waals surface area (Å²) in [5.74, 6) is 0.382. The molecule has 0 atom stereocenters. The number of ether oxygens (including phenoxy) is 1. The number of carbonyl (C=O) groups is 1. The van der Waals surface area contributed by atoms with Gasteiger partial charge < -0.3 is 15.8 Å². The van der Waals surface area contributed by atoms with E-state index in [9.17, 15) is 4.79 Å². The van der Waals surface area contributed by atoms with Gasteiger partial charge in [-0.15, -0.1) is 11.8 Å².